The number of rotatable bonds is 1. The molecule has 3 nitrogen and oxygen atoms in total. The summed E-state index contributed by atoms with van der Waals surface area (Å²) >= 11 is 2.02. The molecule has 4 heteroatoms. The minimum atomic E-state index is 0.349. The summed E-state index contributed by atoms with van der Waals surface area (Å²) in [5.41, 5.74) is 1.30. The summed E-state index contributed by atoms with van der Waals surface area (Å²) in [6.45, 7) is 2.61. The first kappa shape index (κ1) is 11.2. The van der Waals surface area contributed by atoms with Gasteiger partial charge in [0.2, 0.25) is 6.79 Å². The van der Waals surface area contributed by atoms with Gasteiger partial charge in [-0.3, -0.25) is 0 Å². The van der Waals surface area contributed by atoms with Gasteiger partial charge in [-0.1, -0.05) is 6.07 Å². The SMILES string of the molecule is CC1CCSCC(c2ccc3c(c2)OCO3)N1. The van der Waals surface area contributed by atoms with Gasteiger partial charge in [0.25, 0.3) is 0 Å². The maximum atomic E-state index is 5.43. The normalized spacial score (nSPS) is 27.8. The Kier molecular flexibility index (Phi) is 3.16. The zero-order valence-corrected chi connectivity index (χ0v) is 10.8. The Morgan fingerprint density at radius 2 is 2.18 bits per heavy atom. The summed E-state index contributed by atoms with van der Waals surface area (Å²) in [6.07, 6.45) is 1.24. The van der Waals surface area contributed by atoms with Crippen molar-refractivity contribution in [3.05, 3.63) is 23.8 Å². The number of fused-ring (bicyclic) bond motifs is 1. The molecule has 0 aliphatic carbocycles. The lowest BCUT2D eigenvalue weighted by atomic mass is 10.1. The van der Waals surface area contributed by atoms with Crippen molar-refractivity contribution in [2.24, 2.45) is 0 Å². The molecule has 0 radical (unpaired) electrons. The molecule has 1 fully saturated rings. The number of thioether (sulfide) groups is 1. The van der Waals surface area contributed by atoms with Crippen molar-refractivity contribution >= 4 is 11.8 Å². The van der Waals surface area contributed by atoms with Gasteiger partial charge in [-0.25, -0.2) is 0 Å². The predicted molar refractivity (Wildman–Crippen MR) is 69.8 cm³/mol. The Hall–Kier alpha value is -0.870. The van der Waals surface area contributed by atoms with Crippen LogP contribution in [-0.2, 0) is 0 Å². The second-order valence-electron chi connectivity index (χ2n) is 4.60. The Morgan fingerprint density at radius 3 is 3.12 bits per heavy atom. The topological polar surface area (TPSA) is 30.5 Å². The molecule has 3 rings (SSSR count). The maximum absolute atomic E-state index is 5.43. The largest absolute Gasteiger partial charge is 0.454 e. The molecular formula is C13H17NO2S. The molecular weight excluding hydrogens is 234 g/mol. The lowest BCUT2D eigenvalue weighted by Crippen LogP contribution is -2.30. The van der Waals surface area contributed by atoms with Crippen molar-refractivity contribution in [2.45, 2.75) is 25.4 Å². The first-order valence-corrected chi connectivity index (χ1v) is 7.22. The number of nitrogens with one attached hydrogen (secondary N) is 1. The summed E-state index contributed by atoms with van der Waals surface area (Å²) in [4.78, 5) is 0. The molecule has 1 aromatic rings. The fourth-order valence-corrected chi connectivity index (χ4v) is 3.47. The smallest absolute Gasteiger partial charge is 0.231 e. The standard InChI is InChI=1S/C13H17NO2S/c1-9-4-5-17-7-11(14-9)10-2-3-12-13(6-10)16-8-15-12/h2-3,6,9,11,14H,4-5,7-8H2,1H3. The van der Waals surface area contributed by atoms with Gasteiger partial charge in [-0.05, 0) is 36.8 Å². The van der Waals surface area contributed by atoms with E-state index in [2.05, 4.69) is 24.4 Å². The van der Waals surface area contributed by atoms with Crippen LogP contribution in [-0.4, -0.2) is 24.3 Å². The molecule has 92 valence electrons. The number of benzene rings is 1. The first-order valence-electron chi connectivity index (χ1n) is 6.06. The van der Waals surface area contributed by atoms with E-state index in [-0.39, 0.29) is 0 Å². The fourth-order valence-electron chi connectivity index (χ4n) is 2.26. The third-order valence-electron chi connectivity index (χ3n) is 3.26. The summed E-state index contributed by atoms with van der Waals surface area (Å²) in [5, 5.41) is 3.67. The molecule has 0 amide bonds. The van der Waals surface area contributed by atoms with Crippen LogP contribution in [0.25, 0.3) is 0 Å². The quantitative estimate of drug-likeness (QED) is 0.831. The van der Waals surface area contributed by atoms with Crippen molar-refractivity contribution in [1.29, 1.82) is 0 Å². The molecule has 1 saturated heterocycles. The molecule has 17 heavy (non-hydrogen) atoms. The van der Waals surface area contributed by atoms with Crippen LogP contribution in [0.5, 0.6) is 11.5 Å². The van der Waals surface area contributed by atoms with E-state index in [1.165, 1.54) is 17.7 Å². The molecule has 1 aromatic carbocycles. The minimum absolute atomic E-state index is 0.349. The minimum Gasteiger partial charge on any atom is -0.454 e. The van der Waals surface area contributed by atoms with Crippen LogP contribution in [0.1, 0.15) is 24.9 Å². The lowest BCUT2D eigenvalue weighted by Gasteiger charge is -2.19. The highest BCUT2D eigenvalue weighted by Crippen LogP contribution is 2.35. The van der Waals surface area contributed by atoms with Crippen LogP contribution in [0.3, 0.4) is 0 Å². The van der Waals surface area contributed by atoms with Gasteiger partial charge in [-0.2, -0.15) is 11.8 Å². The number of hydrogen-bond acceptors (Lipinski definition) is 4. The summed E-state index contributed by atoms with van der Waals surface area (Å²) < 4.78 is 10.8. The lowest BCUT2D eigenvalue weighted by molar-refractivity contribution is 0.174. The fraction of sp³-hybridized carbons (Fsp3) is 0.538. The Balaban J connectivity index is 1.82. The highest BCUT2D eigenvalue weighted by molar-refractivity contribution is 7.99. The number of hydrogen-bond donors (Lipinski definition) is 1. The molecule has 2 unspecified atom stereocenters. The van der Waals surface area contributed by atoms with Gasteiger partial charge in [0.1, 0.15) is 0 Å². The van der Waals surface area contributed by atoms with Crippen LogP contribution in [0.2, 0.25) is 0 Å². The van der Waals surface area contributed by atoms with Crippen LogP contribution in [0.4, 0.5) is 0 Å². The third-order valence-corrected chi connectivity index (χ3v) is 4.36. The van der Waals surface area contributed by atoms with Crippen molar-refractivity contribution in [1.82, 2.24) is 5.32 Å². The van der Waals surface area contributed by atoms with Crippen LogP contribution in [0, 0.1) is 0 Å². The molecule has 2 aliphatic rings. The van der Waals surface area contributed by atoms with Crippen molar-refractivity contribution in [3.63, 3.8) is 0 Å². The summed E-state index contributed by atoms with van der Waals surface area (Å²) in [6, 6.07) is 7.27. The van der Waals surface area contributed by atoms with E-state index in [4.69, 9.17) is 9.47 Å². The van der Waals surface area contributed by atoms with Gasteiger partial charge in [-0.15, -0.1) is 0 Å². The average molecular weight is 251 g/mol. The molecule has 2 heterocycles. The predicted octanol–water partition coefficient (Wildman–Crippen LogP) is 2.57. The van der Waals surface area contributed by atoms with E-state index < -0.39 is 0 Å². The highest BCUT2D eigenvalue weighted by Gasteiger charge is 2.21. The average Bonchev–Trinajstić information content (AvgIpc) is 2.69. The van der Waals surface area contributed by atoms with Crippen molar-refractivity contribution in [2.75, 3.05) is 18.3 Å². The molecule has 1 N–H and O–H groups in total. The van der Waals surface area contributed by atoms with E-state index in [0.29, 0.717) is 18.9 Å². The third kappa shape index (κ3) is 2.38. The van der Waals surface area contributed by atoms with Gasteiger partial charge in [0, 0.05) is 17.8 Å². The zero-order chi connectivity index (χ0) is 11.7. The maximum Gasteiger partial charge on any atom is 0.231 e. The molecule has 0 saturated carbocycles. The molecule has 0 aromatic heterocycles. The van der Waals surface area contributed by atoms with Gasteiger partial charge >= 0.3 is 0 Å². The second-order valence-corrected chi connectivity index (χ2v) is 5.75. The summed E-state index contributed by atoms with van der Waals surface area (Å²) in [5.74, 6) is 4.12. The molecule has 0 spiro atoms. The molecule has 2 aliphatic heterocycles. The van der Waals surface area contributed by atoms with E-state index in [0.717, 1.165) is 17.3 Å². The second kappa shape index (κ2) is 4.78. The van der Waals surface area contributed by atoms with Gasteiger partial charge < -0.3 is 14.8 Å². The van der Waals surface area contributed by atoms with E-state index in [1.807, 2.05) is 17.8 Å². The van der Waals surface area contributed by atoms with E-state index >= 15 is 0 Å². The Morgan fingerprint density at radius 1 is 1.29 bits per heavy atom. The number of ether oxygens (including phenoxy) is 2. The van der Waals surface area contributed by atoms with Gasteiger partial charge in [0.15, 0.2) is 11.5 Å². The Bertz CT molecular complexity index is 410. The summed E-state index contributed by atoms with van der Waals surface area (Å²) in [7, 11) is 0. The highest BCUT2D eigenvalue weighted by atomic mass is 32.2. The Labute approximate surface area is 106 Å². The monoisotopic (exact) mass is 251 g/mol. The van der Waals surface area contributed by atoms with E-state index in [1.54, 1.807) is 0 Å². The van der Waals surface area contributed by atoms with Gasteiger partial charge in [0.05, 0.1) is 0 Å². The van der Waals surface area contributed by atoms with E-state index in [9.17, 15) is 0 Å². The zero-order valence-electron chi connectivity index (χ0n) is 9.94. The first-order chi connectivity index (χ1) is 8.33. The molecule has 0 bridgehead atoms. The van der Waals surface area contributed by atoms with Crippen LogP contribution < -0.4 is 14.8 Å². The van der Waals surface area contributed by atoms with Crippen LogP contribution in [0.15, 0.2) is 18.2 Å². The van der Waals surface area contributed by atoms with Crippen molar-refractivity contribution < 1.29 is 9.47 Å². The van der Waals surface area contributed by atoms with Crippen LogP contribution >= 0.6 is 11.8 Å². The molecule has 2 atom stereocenters. The van der Waals surface area contributed by atoms with Crippen molar-refractivity contribution in [3.8, 4) is 11.5 Å².